The molecule has 4 aliphatic rings. The second-order valence-corrected chi connectivity index (χ2v) is 19.3. The first-order valence-electron chi connectivity index (χ1n) is 23.1. The van der Waals surface area contributed by atoms with Gasteiger partial charge in [-0.25, -0.2) is 0 Å². The van der Waals surface area contributed by atoms with Crippen molar-refractivity contribution < 1.29 is 47.1 Å². The monoisotopic (exact) mass is 922 g/mol. The Morgan fingerprint density at radius 3 is 1.63 bits per heavy atom. The molecule has 4 aromatic carbocycles. The molecule has 3 heterocycles. The summed E-state index contributed by atoms with van der Waals surface area (Å²) in [6.45, 7) is 23.6. The minimum Gasteiger partial charge on any atom is -0.497 e. The van der Waals surface area contributed by atoms with Gasteiger partial charge in [0.1, 0.15) is 54.2 Å². The quantitative estimate of drug-likeness (QED) is 0.0829. The molecule has 2 fully saturated rings. The molecular formula is C55H64B2O11. The predicted molar refractivity (Wildman–Crippen MR) is 270 cm³/mol. The zero-order valence-corrected chi connectivity index (χ0v) is 41.5. The van der Waals surface area contributed by atoms with Gasteiger partial charge in [-0.05, 0) is 164 Å². The van der Waals surface area contributed by atoms with Crippen LogP contribution in [-0.2, 0) is 31.8 Å². The van der Waals surface area contributed by atoms with Crippen molar-refractivity contribution in [3.63, 3.8) is 0 Å². The highest BCUT2D eigenvalue weighted by Gasteiger charge is 2.51. The molecular weight excluding hydrogens is 858 g/mol. The molecule has 4 aromatic rings. The van der Waals surface area contributed by atoms with Crippen LogP contribution in [0.2, 0.25) is 0 Å². The molecule has 2 saturated heterocycles. The Morgan fingerprint density at radius 2 is 1.10 bits per heavy atom. The standard InChI is InChI=1S/C38H39BO7.C17H25BO4/c1-24-20-28(41-7)11-14-30(24)36-31-13-10-27(40)21-34(31)44-35-22-29(12-15-32(35)36)43-23-26-9-16-33(25(2)19-26)42-18-8-17-39-45-37(3,4)38(5,6)46-39;1-13-11-14(12-19)7-8-15(13)20-10-6-9-18-21-16(2,3)17(4,5)22-18/h8-17,19-22H,18,23H2,1-7H3;6-9,11,19H,10,12H2,1-5H3/b17-8+;9-6+. The van der Waals surface area contributed by atoms with E-state index in [9.17, 15) is 4.79 Å². The second kappa shape index (κ2) is 20.4. The van der Waals surface area contributed by atoms with Crippen LogP contribution < -0.4 is 24.4 Å². The first-order valence-corrected chi connectivity index (χ1v) is 23.1. The van der Waals surface area contributed by atoms with Gasteiger partial charge in [0.15, 0.2) is 5.43 Å². The van der Waals surface area contributed by atoms with Crippen LogP contribution in [-0.4, -0.2) is 62.1 Å². The van der Waals surface area contributed by atoms with E-state index in [0.29, 0.717) is 36.9 Å². The Balaban J connectivity index is 0.000000261. The molecule has 8 rings (SSSR count). The molecule has 0 radical (unpaired) electrons. The van der Waals surface area contributed by atoms with Crippen molar-refractivity contribution in [1.29, 1.82) is 0 Å². The summed E-state index contributed by atoms with van der Waals surface area (Å²) in [5, 5.41) is 10.0. The highest BCUT2D eigenvalue weighted by atomic mass is 16.7. The van der Waals surface area contributed by atoms with E-state index in [0.717, 1.165) is 67.1 Å². The normalized spacial score (nSPS) is 17.0. The Hall–Kier alpha value is -5.82. The lowest BCUT2D eigenvalue weighted by atomic mass is 9.90. The van der Waals surface area contributed by atoms with Crippen molar-refractivity contribution >= 4 is 25.2 Å². The molecule has 0 atom stereocenters. The fraction of sp³-hybridized carbons (Fsp3) is 0.364. The lowest BCUT2D eigenvalue weighted by Crippen LogP contribution is -2.41. The molecule has 0 amide bonds. The zero-order valence-electron chi connectivity index (χ0n) is 41.5. The highest BCUT2D eigenvalue weighted by Crippen LogP contribution is 2.43. The number of aliphatic hydroxyl groups is 1. The maximum Gasteiger partial charge on any atom is 0.486 e. The van der Waals surface area contributed by atoms with Gasteiger partial charge in [-0.15, -0.1) is 0 Å². The molecule has 0 aromatic heterocycles. The van der Waals surface area contributed by atoms with Crippen LogP contribution in [0.4, 0.5) is 0 Å². The third-order valence-corrected chi connectivity index (χ3v) is 13.2. The first-order chi connectivity index (χ1) is 32.2. The molecule has 68 heavy (non-hydrogen) atoms. The molecule has 0 spiro atoms. The molecule has 13 heteroatoms. The molecule has 356 valence electrons. The lowest BCUT2D eigenvalue weighted by molar-refractivity contribution is 0.00578. The number of benzene rings is 5. The van der Waals surface area contributed by atoms with Crippen molar-refractivity contribution in [2.75, 3.05) is 20.3 Å². The predicted octanol–water partition coefficient (Wildman–Crippen LogP) is 11.4. The molecule has 0 unspecified atom stereocenters. The third-order valence-electron chi connectivity index (χ3n) is 13.2. The smallest absolute Gasteiger partial charge is 0.486 e. The van der Waals surface area contributed by atoms with E-state index in [2.05, 4.69) is 13.0 Å². The van der Waals surface area contributed by atoms with Gasteiger partial charge in [0.25, 0.3) is 0 Å². The molecule has 3 aliphatic heterocycles. The summed E-state index contributed by atoms with van der Waals surface area (Å²) in [7, 11) is 0.926. The molecule has 1 aliphatic carbocycles. The van der Waals surface area contributed by atoms with Crippen molar-refractivity contribution in [1.82, 2.24) is 0 Å². The number of fused-ring (bicyclic) bond motifs is 2. The van der Waals surface area contributed by atoms with Gasteiger partial charge in [-0.1, -0.05) is 48.4 Å². The fourth-order valence-electron chi connectivity index (χ4n) is 7.92. The summed E-state index contributed by atoms with van der Waals surface area (Å²) in [4.78, 5) is 12.2. The van der Waals surface area contributed by atoms with E-state index in [-0.39, 0.29) is 41.6 Å². The van der Waals surface area contributed by atoms with Crippen molar-refractivity contribution in [3.05, 3.63) is 153 Å². The van der Waals surface area contributed by atoms with Crippen LogP contribution in [0.5, 0.6) is 23.0 Å². The SMILES string of the molecule is COc1ccc(-c2c3ccc(=O)cc-3oc3cc(OCc4ccc(OC/C=C/B5OC(C)(C)C(C)(C)O5)c(C)c4)ccc23)c(C)c1.Cc1cc(CO)ccc1OC/C=C/B1OC(C)(C)C(C)(C)O1. The molecule has 1 N–H and O–H groups in total. The Bertz CT molecular complexity index is 2790. The summed E-state index contributed by atoms with van der Waals surface area (Å²) in [6.07, 6.45) is 3.83. The van der Waals surface area contributed by atoms with Gasteiger partial charge in [0.2, 0.25) is 0 Å². The number of hydrogen-bond acceptors (Lipinski definition) is 11. The van der Waals surface area contributed by atoms with E-state index in [4.69, 9.17) is 47.1 Å². The lowest BCUT2D eigenvalue weighted by Gasteiger charge is -2.32. The first kappa shape index (κ1) is 50.1. The number of methoxy groups -OCH3 is 1. The maximum absolute atomic E-state index is 12.2. The van der Waals surface area contributed by atoms with Crippen molar-refractivity contribution in [2.45, 2.75) is 112 Å². The van der Waals surface area contributed by atoms with Crippen molar-refractivity contribution in [2.24, 2.45) is 0 Å². The van der Waals surface area contributed by atoms with Crippen LogP contribution in [0.1, 0.15) is 83.2 Å². The van der Waals surface area contributed by atoms with Gasteiger partial charge >= 0.3 is 14.2 Å². The number of ether oxygens (including phenoxy) is 4. The van der Waals surface area contributed by atoms with Crippen LogP contribution in [0.25, 0.3) is 33.4 Å². The van der Waals surface area contributed by atoms with Gasteiger partial charge in [0, 0.05) is 28.6 Å². The summed E-state index contributed by atoms with van der Waals surface area (Å²) in [5.41, 5.74) is 7.05. The fourth-order valence-corrected chi connectivity index (χ4v) is 7.92. The van der Waals surface area contributed by atoms with Gasteiger partial charge in [-0.2, -0.15) is 0 Å². The van der Waals surface area contributed by atoms with Gasteiger partial charge in [-0.3, -0.25) is 4.79 Å². The summed E-state index contributed by atoms with van der Waals surface area (Å²) in [6, 6.07) is 28.5. The number of aliphatic hydroxyl groups excluding tert-OH is 1. The summed E-state index contributed by atoms with van der Waals surface area (Å²) >= 11 is 0. The summed E-state index contributed by atoms with van der Waals surface area (Å²) < 4.78 is 53.4. The second-order valence-electron chi connectivity index (χ2n) is 19.3. The maximum atomic E-state index is 12.2. The van der Waals surface area contributed by atoms with Crippen LogP contribution in [0.3, 0.4) is 0 Å². The van der Waals surface area contributed by atoms with Gasteiger partial charge < -0.3 is 47.1 Å². The Morgan fingerprint density at radius 1 is 0.574 bits per heavy atom. The molecule has 0 saturated carbocycles. The number of rotatable bonds is 14. The Labute approximate surface area is 401 Å². The minimum absolute atomic E-state index is 0.0446. The zero-order chi connectivity index (χ0) is 49.0. The topological polar surface area (TPSA) is 124 Å². The third kappa shape index (κ3) is 11.4. The van der Waals surface area contributed by atoms with Crippen LogP contribution in [0, 0.1) is 20.8 Å². The average molecular weight is 923 g/mol. The van der Waals surface area contributed by atoms with E-state index in [1.165, 1.54) is 6.07 Å². The largest absolute Gasteiger partial charge is 0.497 e. The van der Waals surface area contributed by atoms with Gasteiger partial charge in [0.05, 0.1) is 36.1 Å². The van der Waals surface area contributed by atoms with Crippen molar-refractivity contribution in [3.8, 4) is 45.4 Å². The van der Waals surface area contributed by atoms with E-state index in [1.807, 2.05) is 166 Å². The van der Waals surface area contributed by atoms with E-state index in [1.54, 1.807) is 13.2 Å². The minimum atomic E-state index is -0.391. The molecule has 11 nitrogen and oxygen atoms in total. The average Bonchev–Trinajstić information content (AvgIpc) is 3.63. The number of hydrogen-bond donors (Lipinski definition) is 1. The van der Waals surface area contributed by atoms with Crippen LogP contribution >= 0.6 is 0 Å². The number of aryl methyl sites for hydroxylation is 3. The van der Waals surface area contributed by atoms with E-state index < -0.39 is 7.12 Å². The van der Waals surface area contributed by atoms with Crippen LogP contribution in [0.15, 0.2) is 124 Å². The van der Waals surface area contributed by atoms with E-state index >= 15 is 0 Å². The Kier molecular flexibility index (Phi) is 15.0. The highest BCUT2D eigenvalue weighted by molar-refractivity contribution is 6.52. The summed E-state index contributed by atoms with van der Waals surface area (Å²) in [5.74, 6) is 7.38. The molecule has 0 bridgehead atoms.